The summed E-state index contributed by atoms with van der Waals surface area (Å²) in [4.78, 5) is 0. The van der Waals surface area contributed by atoms with E-state index in [0.717, 1.165) is 6.54 Å². The molecular formula is C8H15NO. The predicted octanol–water partition coefficient (Wildman–Crippen LogP) is 0.509. The average molecular weight is 141 g/mol. The Morgan fingerprint density at radius 1 is 1.20 bits per heavy atom. The summed E-state index contributed by atoms with van der Waals surface area (Å²) in [7, 11) is 0. The molecule has 10 heavy (non-hydrogen) atoms. The van der Waals surface area contributed by atoms with Crippen LogP contribution >= 0.6 is 0 Å². The molecule has 3 atom stereocenters. The number of aliphatic hydroxyl groups excluding tert-OH is 1. The molecule has 2 heteroatoms. The van der Waals surface area contributed by atoms with Gasteiger partial charge < -0.3 is 10.4 Å². The summed E-state index contributed by atoms with van der Waals surface area (Å²) in [5.41, 5.74) is 0. The highest BCUT2D eigenvalue weighted by Crippen LogP contribution is 2.29. The molecular weight excluding hydrogens is 126 g/mol. The molecule has 1 unspecified atom stereocenters. The fraction of sp³-hybridized carbons (Fsp3) is 1.00. The zero-order chi connectivity index (χ0) is 6.97. The van der Waals surface area contributed by atoms with Gasteiger partial charge in [-0.1, -0.05) is 6.42 Å². The molecule has 1 saturated carbocycles. The minimum atomic E-state index is -0.0394. The normalized spacial score (nSPS) is 47.1. The summed E-state index contributed by atoms with van der Waals surface area (Å²) in [6.07, 6.45) is 4.87. The topological polar surface area (TPSA) is 32.3 Å². The van der Waals surface area contributed by atoms with Crippen molar-refractivity contribution in [2.45, 2.75) is 37.8 Å². The molecule has 0 amide bonds. The molecule has 2 bridgehead atoms. The number of nitrogens with one attached hydrogen (secondary N) is 1. The average Bonchev–Trinajstić information content (AvgIpc) is 1.86. The lowest BCUT2D eigenvalue weighted by atomic mass is 9.78. The van der Waals surface area contributed by atoms with Crippen LogP contribution in [0, 0.1) is 5.92 Å². The minimum Gasteiger partial charge on any atom is -0.391 e. The van der Waals surface area contributed by atoms with E-state index >= 15 is 0 Å². The highest BCUT2D eigenvalue weighted by molar-refractivity contribution is 4.90. The third-order valence-corrected chi connectivity index (χ3v) is 2.91. The number of piperidine rings is 1. The van der Waals surface area contributed by atoms with Gasteiger partial charge in [0.25, 0.3) is 0 Å². The molecule has 1 heterocycles. The number of rotatable bonds is 0. The first kappa shape index (κ1) is 6.62. The van der Waals surface area contributed by atoms with Gasteiger partial charge in [0.15, 0.2) is 0 Å². The summed E-state index contributed by atoms with van der Waals surface area (Å²) in [5.74, 6) is 0.611. The molecule has 0 aromatic heterocycles. The van der Waals surface area contributed by atoms with Crippen molar-refractivity contribution in [2.24, 2.45) is 5.92 Å². The lowest BCUT2D eigenvalue weighted by Gasteiger charge is -2.40. The Balaban J connectivity index is 2.05. The number of fused-ring (bicyclic) bond motifs is 2. The van der Waals surface area contributed by atoms with Crippen molar-refractivity contribution in [3.63, 3.8) is 0 Å². The van der Waals surface area contributed by atoms with Crippen LogP contribution in [-0.4, -0.2) is 23.8 Å². The van der Waals surface area contributed by atoms with Crippen molar-refractivity contribution < 1.29 is 5.11 Å². The van der Waals surface area contributed by atoms with Crippen LogP contribution in [0.2, 0.25) is 0 Å². The minimum absolute atomic E-state index is 0.0394. The number of hydrogen-bond acceptors (Lipinski definition) is 2. The van der Waals surface area contributed by atoms with Gasteiger partial charge in [-0.15, -0.1) is 0 Å². The van der Waals surface area contributed by atoms with E-state index in [1.165, 1.54) is 25.7 Å². The third kappa shape index (κ3) is 0.956. The Kier molecular flexibility index (Phi) is 1.66. The van der Waals surface area contributed by atoms with Crippen molar-refractivity contribution in [1.82, 2.24) is 5.32 Å². The molecule has 2 aliphatic rings. The van der Waals surface area contributed by atoms with Gasteiger partial charge >= 0.3 is 0 Å². The van der Waals surface area contributed by atoms with E-state index in [4.69, 9.17) is 0 Å². The largest absolute Gasteiger partial charge is 0.391 e. The lowest BCUT2D eigenvalue weighted by Crippen LogP contribution is -2.52. The van der Waals surface area contributed by atoms with E-state index in [1.54, 1.807) is 0 Å². The van der Waals surface area contributed by atoms with Gasteiger partial charge in [-0.05, 0) is 31.7 Å². The van der Waals surface area contributed by atoms with Crippen LogP contribution in [0.25, 0.3) is 0 Å². The van der Waals surface area contributed by atoms with E-state index < -0.39 is 0 Å². The summed E-state index contributed by atoms with van der Waals surface area (Å²) in [5, 5.41) is 13.0. The molecule has 2 nitrogen and oxygen atoms in total. The van der Waals surface area contributed by atoms with E-state index in [0.29, 0.717) is 12.0 Å². The Morgan fingerprint density at radius 2 is 2.10 bits per heavy atom. The molecule has 1 aliphatic heterocycles. The van der Waals surface area contributed by atoms with Gasteiger partial charge in [0.05, 0.1) is 6.10 Å². The summed E-state index contributed by atoms with van der Waals surface area (Å²) in [6, 6.07) is 0.424. The second-order valence-corrected chi connectivity index (χ2v) is 3.53. The fourth-order valence-corrected chi connectivity index (χ4v) is 2.26. The van der Waals surface area contributed by atoms with Crippen LogP contribution in [0.15, 0.2) is 0 Å². The first-order valence-electron chi connectivity index (χ1n) is 4.29. The van der Waals surface area contributed by atoms with Crippen molar-refractivity contribution in [3.8, 4) is 0 Å². The highest BCUT2D eigenvalue weighted by atomic mass is 16.3. The zero-order valence-electron chi connectivity index (χ0n) is 6.21. The predicted molar refractivity (Wildman–Crippen MR) is 39.8 cm³/mol. The maximum Gasteiger partial charge on any atom is 0.0721 e. The van der Waals surface area contributed by atoms with Gasteiger partial charge in [0.1, 0.15) is 0 Å². The smallest absolute Gasteiger partial charge is 0.0721 e. The molecule has 2 N–H and O–H groups in total. The van der Waals surface area contributed by atoms with Gasteiger partial charge in [0, 0.05) is 6.04 Å². The first-order chi connectivity index (χ1) is 4.88. The summed E-state index contributed by atoms with van der Waals surface area (Å²) in [6.45, 7) is 1.12. The Bertz CT molecular complexity index is 104. The quantitative estimate of drug-likeness (QED) is 0.515. The molecule has 0 radical (unpaired) electrons. The monoisotopic (exact) mass is 141 g/mol. The standard InChI is InChI=1S/C8H15NO/c10-8-6-2-1-3-7(8)9-5-4-6/h6-10H,1-5H2/t6-,7-,8?/m0/s1. The van der Waals surface area contributed by atoms with E-state index in [1.807, 2.05) is 0 Å². The second kappa shape index (κ2) is 2.51. The van der Waals surface area contributed by atoms with E-state index in [9.17, 15) is 5.11 Å². The van der Waals surface area contributed by atoms with E-state index in [-0.39, 0.29) is 6.10 Å². The van der Waals surface area contributed by atoms with E-state index in [2.05, 4.69) is 5.32 Å². The van der Waals surface area contributed by atoms with Gasteiger partial charge in [-0.2, -0.15) is 0 Å². The first-order valence-corrected chi connectivity index (χ1v) is 4.29. The molecule has 2 rings (SSSR count). The van der Waals surface area contributed by atoms with Crippen LogP contribution in [0.5, 0.6) is 0 Å². The summed E-state index contributed by atoms with van der Waals surface area (Å²) < 4.78 is 0. The lowest BCUT2D eigenvalue weighted by molar-refractivity contribution is 0.0120. The molecule has 0 aromatic rings. The molecule has 58 valence electrons. The van der Waals surface area contributed by atoms with Crippen LogP contribution < -0.4 is 5.32 Å². The fourth-order valence-electron chi connectivity index (χ4n) is 2.26. The van der Waals surface area contributed by atoms with Gasteiger partial charge in [-0.3, -0.25) is 0 Å². The third-order valence-electron chi connectivity index (χ3n) is 2.91. The van der Waals surface area contributed by atoms with Crippen LogP contribution in [-0.2, 0) is 0 Å². The summed E-state index contributed by atoms with van der Waals surface area (Å²) >= 11 is 0. The molecule has 1 saturated heterocycles. The van der Waals surface area contributed by atoms with Crippen LogP contribution in [0.3, 0.4) is 0 Å². The van der Waals surface area contributed by atoms with Crippen molar-refractivity contribution >= 4 is 0 Å². The number of hydrogen-bond donors (Lipinski definition) is 2. The molecule has 0 aromatic carbocycles. The maximum absolute atomic E-state index is 9.63. The second-order valence-electron chi connectivity index (χ2n) is 3.53. The maximum atomic E-state index is 9.63. The van der Waals surface area contributed by atoms with Crippen LogP contribution in [0.1, 0.15) is 25.7 Å². The SMILES string of the molecule is OC1[C@H]2CCC[C@@H]1NCC2. The zero-order valence-corrected chi connectivity index (χ0v) is 6.21. The molecule has 1 aliphatic carbocycles. The Morgan fingerprint density at radius 3 is 2.80 bits per heavy atom. The van der Waals surface area contributed by atoms with Crippen molar-refractivity contribution in [3.05, 3.63) is 0 Å². The van der Waals surface area contributed by atoms with Gasteiger partial charge in [-0.25, -0.2) is 0 Å². The Hall–Kier alpha value is -0.0800. The van der Waals surface area contributed by atoms with Crippen molar-refractivity contribution in [1.29, 1.82) is 0 Å². The molecule has 0 spiro atoms. The molecule has 2 fully saturated rings. The number of aliphatic hydroxyl groups is 1. The van der Waals surface area contributed by atoms with Crippen molar-refractivity contribution in [2.75, 3.05) is 6.54 Å². The Labute approximate surface area is 61.6 Å². The highest BCUT2D eigenvalue weighted by Gasteiger charge is 2.34. The van der Waals surface area contributed by atoms with Gasteiger partial charge in [0.2, 0.25) is 0 Å². The van der Waals surface area contributed by atoms with Crippen LogP contribution in [0.4, 0.5) is 0 Å².